The lowest BCUT2D eigenvalue weighted by Crippen LogP contribution is -2.35. The fraction of sp³-hybridized carbons (Fsp3) is 0.588. The number of benzene rings is 1. The first kappa shape index (κ1) is 14.7. The van der Waals surface area contributed by atoms with E-state index in [9.17, 15) is 4.79 Å². The van der Waals surface area contributed by atoms with Gasteiger partial charge in [0.05, 0.1) is 12.1 Å². The summed E-state index contributed by atoms with van der Waals surface area (Å²) >= 11 is 6.38. The van der Waals surface area contributed by atoms with Crippen LogP contribution >= 0.6 is 11.6 Å². The van der Waals surface area contributed by atoms with Gasteiger partial charge in [0.2, 0.25) is 0 Å². The third kappa shape index (κ3) is 2.76. The summed E-state index contributed by atoms with van der Waals surface area (Å²) in [4.78, 5) is 14.7. The summed E-state index contributed by atoms with van der Waals surface area (Å²) in [6.07, 6.45) is 8.61. The number of nitrogens with zero attached hydrogens (tertiary/aromatic N) is 1. The van der Waals surface area contributed by atoms with Crippen LogP contribution in [0.4, 0.5) is 0 Å². The van der Waals surface area contributed by atoms with Gasteiger partial charge in [-0.05, 0) is 25.0 Å². The van der Waals surface area contributed by atoms with Crippen LogP contribution in [0.5, 0.6) is 5.75 Å². The molecule has 3 rings (SSSR count). The largest absolute Gasteiger partial charge is 0.495 e. The van der Waals surface area contributed by atoms with Crippen LogP contribution in [0, 0.1) is 0 Å². The molecule has 3 nitrogen and oxygen atoms in total. The maximum Gasteiger partial charge on any atom is 0.254 e. The van der Waals surface area contributed by atoms with Gasteiger partial charge in [-0.2, -0.15) is 0 Å². The van der Waals surface area contributed by atoms with Gasteiger partial charge in [-0.3, -0.25) is 4.79 Å². The number of fused-ring (bicyclic) bond motifs is 1. The van der Waals surface area contributed by atoms with Crippen molar-refractivity contribution < 1.29 is 9.53 Å². The molecule has 1 aromatic rings. The van der Waals surface area contributed by atoms with Crippen molar-refractivity contribution in [1.82, 2.24) is 4.90 Å². The molecule has 0 unspecified atom stereocenters. The first-order valence-corrected chi connectivity index (χ1v) is 8.26. The number of carbonyl (C=O) groups is 1. The molecular formula is C17H22ClNO2. The zero-order valence-corrected chi connectivity index (χ0v) is 13.3. The highest BCUT2D eigenvalue weighted by Gasteiger charge is 2.34. The van der Waals surface area contributed by atoms with E-state index < -0.39 is 0 Å². The predicted molar refractivity (Wildman–Crippen MR) is 84.0 cm³/mol. The number of amides is 1. The molecule has 1 saturated carbocycles. The quantitative estimate of drug-likeness (QED) is 0.809. The normalized spacial score (nSPS) is 20.1. The van der Waals surface area contributed by atoms with Gasteiger partial charge in [0.25, 0.3) is 5.91 Å². The van der Waals surface area contributed by atoms with E-state index in [2.05, 4.69) is 0 Å². The molecule has 4 heteroatoms. The minimum atomic E-state index is 0.139. The Hall–Kier alpha value is -1.22. The van der Waals surface area contributed by atoms with Gasteiger partial charge in [0, 0.05) is 23.7 Å². The summed E-state index contributed by atoms with van der Waals surface area (Å²) in [6.45, 7) is 0.634. The highest BCUT2D eigenvalue weighted by atomic mass is 35.5. The van der Waals surface area contributed by atoms with Crippen LogP contribution in [0.3, 0.4) is 0 Å². The Balaban J connectivity index is 1.83. The first-order valence-electron chi connectivity index (χ1n) is 7.88. The fourth-order valence-electron chi connectivity index (χ4n) is 3.55. The number of hydrogen-bond acceptors (Lipinski definition) is 2. The van der Waals surface area contributed by atoms with Gasteiger partial charge in [0.1, 0.15) is 5.75 Å². The maximum absolute atomic E-state index is 12.7. The molecule has 21 heavy (non-hydrogen) atoms. The summed E-state index contributed by atoms with van der Waals surface area (Å²) in [7, 11) is 1.61. The molecule has 0 bridgehead atoms. The lowest BCUT2D eigenvalue weighted by Gasteiger charge is -2.29. The summed E-state index contributed by atoms with van der Waals surface area (Å²) in [5.41, 5.74) is 1.69. The van der Waals surface area contributed by atoms with E-state index in [0.717, 1.165) is 24.0 Å². The molecule has 0 N–H and O–H groups in total. The average Bonchev–Trinajstić information content (AvgIpc) is 2.78. The number of rotatable bonds is 2. The minimum Gasteiger partial charge on any atom is -0.495 e. The van der Waals surface area contributed by atoms with Crippen molar-refractivity contribution >= 4 is 17.5 Å². The molecule has 1 amide bonds. The maximum atomic E-state index is 12.7. The highest BCUT2D eigenvalue weighted by molar-refractivity contribution is 6.33. The van der Waals surface area contributed by atoms with Gasteiger partial charge in [0.15, 0.2) is 0 Å². The second-order valence-electron chi connectivity index (χ2n) is 6.04. The molecule has 0 radical (unpaired) electrons. The molecule has 0 spiro atoms. The zero-order valence-electron chi connectivity index (χ0n) is 12.5. The molecule has 0 saturated heterocycles. The van der Waals surface area contributed by atoms with Crippen LogP contribution in [0.25, 0.3) is 0 Å². The van der Waals surface area contributed by atoms with Gasteiger partial charge in [-0.25, -0.2) is 0 Å². The molecular weight excluding hydrogens is 286 g/mol. The third-order valence-corrected chi connectivity index (χ3v) is 5.18. The second kappa shape index (κ2) is 6.27. The first-order chi connectivity index (χ1) is 10.2. The van der Waals surface area contributed by atoms with E-state index >= 15 is 0 Å². The Morgan fingerprint density at radius 2 is 1.81 bits per heavy atom. The lowest BCUT2D eigenvalue weighted by atomic mass is 9.96. The molecule has 114 valence electrons. The smallest absolute Gasteiger partial charge is 0.254 e. The summed E-state index contributed by atoms with van der Waals surface area (Å²) in [6, 6.07) is 4.01. The van der Waals surface area contributed by atoms with Crippen LogP contribution in [-0.2, 0) is 6.54 Å². The zero-order chi connectivity index (χ0) is 14.8. The van der Waals surface area contributed by atoms with Crippen LogP contribution in [0.2, 0.25) is 5.02 Å². The molecule has 1 fully saturated rings. The Kier molecular flexibility index (Phi) is 4.39. The monoisotopic (exact) mass is 307 g/mol. The van der Waals surface area contributed by atoms with Crippen molar-refractivity contribution in [2.45, 2.75) is 57.5 Å². The number of ether oxygens (including phenoxy) is 1. The van der Waals surface area contributed by atoms with Crippen molar-refractivity contribution in [3.05, 3.63) is 28.3 Å². The molecule has 1 aliphatic carbocycles. The van der Waals surface area contributed by atoms with Crippen LogP contribution in [0.15, 0.2) is 12.1 Å². The minimum absolute atomic E-state index is 0.139. The summed E-state index contributed by atoms with van der Waals surface area (Å²) in [5.74, 6) is 0.794. The number of carbonyl (C=O) groups excluding carboxylic acids is 1. The molecule has 0 atom stereocenters. The van der Waals surface area contributed by atoms with Crippen molar-refractivity contribution in [3.63, 3.8) is 0 Å². The number of hydrogen-bond donors (Lipinski definition) is 0. The Morgan fingerprint density at radius 3 is 2.48 bits per heavy atom. The van der Waals surface area contributed by atoms with Gasteiger partial charge >= 0.3 is 0 Å². The molecule has 0 aromatic heterocycles. The average molecular weight is 308 g/mol. The standard InChI is InChI=1S/C17H22ClNO2/c1-21-15-10-9-13-14(16(15)18)11-19(17(13)20)12-7-5-3-2-4-6-8-12/h9-10,12H,2-8,11H2,1H3. The van der Waals surface area contributed by atoms with E-state index in [1.54, 1.807) is 13.2 Å². The Labute approximate surface area is 131 Å². The molecule has 2 aliphatic rings. The summed E-state index contributed by atoms with van der Waals surface area (Å²) in [5, 5.41) is 0.594. The van der Waals surface area contributed by atoms with Crippen molar-refractivity contribution in [2.24, 2.45) is 0 Å². The van der Waals surface area contributed by atoms with Gasteiger partial charge in [-0.15, -0.1) is 0 Å². The molecule has 1 aliphatic heterocycles. The topological polar surface area (TPSA) is 29.5 Å². The lowest BCUT2D eigenvalue weighted by molar-refractivity contribution is 0.0673. The fourth-order valence-corrected chi connectivity index (χ4v) is 3.85. The van der Waals surface area contributed by atoms with E-state index in [-0.39, 0.29) is 5.91 Å². The third-order valence-electron chi connectivity index (χ3n) is 4.76. The van der Waals surface area contributed by atoms with Crippen molar-refractivity contribution in [1.29, 1.82) is 0 Å². The van der Waals surface area contributed by atoms with Gasteiger partial charge in [-0.1, -0.05) is 43.7 Å². The SMILES string of the molecule is COc1ccc2c(c1Cl)CN(C1CCCCCCC1)C2=O. The molecule has 1 heterocycles. The van der Waals surface area contributed by atoms with Crippen LogP contribution in [0.1, 0.15) is 60.9 Å². The van der Waals surface area contributed by atoms with Crippen molar-refractivity contribution in [3.8, 4) is 5.75 Å². The van der Waals surface area contributed by atoms with Crippen molar-refractivity contribution in [2.75, 3.05) is 7.11 Å². The molecule has 1 aromatic carbocycles. The second-order valence-corrected chi connectivity index (χ2v) is 6.42. The van der Waals surface area contributed by atoms with Crippen LogP contribution in [-0.4, -0.2) is 24.0 Å². The van der Waals surface area contributed by atoms with Gasteiger partial charge < -0.3 is 9.64 Å². The number of halogens is 1. The Bertz CT molecular complexity index is 536. The highest BCUT2D eigenvalue weighted by Crippen LogP contribution is 2.38. The summed E-state index contributed by atoms with van der Waals surface area (Å²) < 4.78 is 5.26. The van der Waals surface area contributed by atoms with E-state index in [1.807, 2.05) is 11.0 Å². The van der Waals surface area contributed by atoms with E-state index in [4.69, 9.17) is 16.3 Å². The Morgan fingerprint density at radius 1 is 1.14 bits per heavy atom. The van der Waals surface area contributed by atoms with Crippen LogP contribution < -0.4 is 4.74 Å². The predicted octanol–water partition coefficient (Wildman–Crippen LogP) is 4.42. The van der Waals surface area contributed by atoms with E-state index in [0.29, 0.717) is 23.4 Å². The number of methoxy groups -OCH3 is 1. The van der Waals surface area contributed by atoms with E-state index in [1.165, 1.54) is 32.1 Å².